The van der Waals surface area contributed by atoms with Gasteiger partial charge in [-0.2, -0.15) is 0 Å². The zero-order valence-corrected chi connectivity index (χ0v) is 15.3. The van der Waals surface area contributed by atoms with E-state index < -0.39 is 0 Å². The summed E-state index contributed by atoms with van der Waals surface area (Å²) in [5.41, 5.74) is 0. The average Bonchev–Trinajstić information content (AvgIpc) is 3.39. The fraction of sp³-hybridized carbons (Fsp3) is 0.625. The van der Waals surface area contributed by atoms with E-state index in [0.29, 0.717) is 31.9 Å². The lowest BCUT2D eigenvalue weighted by atomic mass is 10.2. The van der Waals surface area contributed by atoms with Crippen LogP contribution in [0.1, 0.15) is 29.2 Å². The highest BCUT2D eigenvalue weighted by Crippen LogP contribution is 2.15. The van der Waals surface area contributed by atoms with Gasteiger partial charge in [0.15, 0.2) is 11.6 Å². The Morgan fingerprint density at radius 3 is 2.81 bits per heavy atom. The molecule has 1 amide bonds. The largest absolute Gasteiger partial charge is 0.459 e. The van der Waals surface area contributed by atoms with E-state index >= 15 is 0 Å². The molecule has 142 valence electrons. The summed E-state index contributed by atoms with van der Waals surface area (Å²) in [6.07, 6.45) is 3.91. The molecule has 0 saturated carbocycles. The second-order valence-electron chi connectivity index (χ2n) is 6.46. The van der Waals surface area contributed by atoms with Crippen molar-refractivity contribution in [2.45, 2.75) is 32.0 Å². The molecular formula is C16H23ClN6O3. The first kappa shape index (κ1) is 18.8. The van der Waals surface area contributed by atoms with E-state index in [1.54, 1.807) is 12.1 Å². The van der Waals surface area contributed by atoms with Gasteiger partial charge in [0.1, 0.15) is 0 Å². The fourth-order valence-corrected chi connectivity index (χ4v) is 3.32. The number of tetrazole rings is 1. The quantitative estimate of drug-likeness (QED) is 0.756. The van der Waals surface area contributed by atoms with Crippen molar-refractivity contribution in [1.29, 1.82) is 0 Å². The summed E-state index contributed by atoms with van der Waals surface area (Å²) >= 11 is 0. The van der Waals surface area contributed by atoms with Crippen LogP contribution in [0, 0.1) is 0 Å². The van der Waals surface area contributed by atoms with E-state index in [1.807, 2.05) is 9.58 Å². The van der Waals surface area contributed by atoms with Crippen molar-refractivity contribution in [3.8, 4) is 0 Å². The number of hydrogen-bond acceptors (Lipinski definition) is 7. The zero-order chi connectivity index (χ0) is 17.1. The van der Waals surface area contributed by atoms with Crippen LogP contribution in [0.2, 0.25) is 0 Å². The lowest BCUT2D eigenvalue weighted by molar-refractivity contribution is 0.0588. The molecule has 2 aromatic rings. The van der Waals surface area contributed by atoms with Crippen molar-refractivity contribution < 1.29 is 13.9 Å². The van der Waals surface area contributed by atoms with Gasteiger partial charge in [0.05, 0.1) is 25.5 Å². The van der Waals surface area contributed by atoms with Gasteiger partial charge < -0.3 is 14.1 Å². The van der Waals surface area contributed by atoms with Crippen LogP contribution in [-0.4, -0.2) is 74.8 Å². The minimum Gasteiger partial charge on any atom is -0.459 e. The number of aromatic nitrogens is 4. The Balaban J connectivity index is 0.00000196. The highest BCUT2D eigenvalue weighted by Gasteiger charge is 2.25. The van der Waals surface area contributed by atoms with E-state index in [9.17, 15) is 4.79 Å². The molecule has 26 heavy (non-hydrogen) atoms. The summed E-state index contributed by atoms with van der Waals surface area (Å²) in [6.45, 7) is 5.15. The first-order valence-corrected chi connectivity index (χ1v) is 8.71. The Bertz CT molecular complexity index is 693. The van der Waals surface area contributed by atoms with E-state index in [-0.39, 0.29) is 24.4 Å². The molecule has 0 aliphatic carbocycles. The van der Waals surface area contributed by atoms with Crippen LogP contribution >= 0.6 is 12.4 Å². The third kappa shape index (κ3) is 4.22. The minimum absolute atomic E-state index is 0. The number of amides is 1. The van der Waals surface area contributed by atoms with E-state index in [1.165, 1.54) is 6.26 Å². The summed E-state index contributed by atoms with van der Waals surface area (Å²) in [5.74, 6) is 1.20. The molecule has 2 fully saturated rings. The predicted octanol–water partition coefficient (Wildman–Crippen LogP) is 0.825. The molecular weight excluding hydrogens is 360 g/mol. The molecule has 2 aliphatic heterocycles. The Labute approximate surface area is 157 Å². The molecule has 10 heteroatoms. The number of halogens is 1. The topological polar surface area (TPSA) is 89.5 Å². The molecule has 0 N–H and O–H groups in total. The number of carbonyl (C=O) groups excluding carboxylic acids is 1. The zero-order valence-electron chi connectivity index (χ0n) is 14.5. The maximum Gasteiger partial charge on any atom is 0.289 e. The molecule has 2 aliphatic rings. The molecule has 1 atom stereocenters. The van der Waals surface area contributed by atoms with Gasteiger partial charge in [-0.25, -0.2) is 4.68 Å². The van der Waals surface area contributed by atoms with Crippen LogP contribution in [0.25, 0.3) is 0 Å². The molecule has 4 heterocycles. The molecule has 9 nitrogen and oxygen atoms in total. The standard InChI is InChI=1S/C16H22N6O3.ClH/c23-16(14-4-2-10-25-14)21-7-5-20(6-8-21)12-15-17-18-19-22(15)11-13-3-1-9-24-13;/h2,4,10,13H,1,3,5-9,11-12H2;1H. The Hall–Kier alpha value is -1.97. The van der Waals surface area contributed by atoms with Crippen LogP contribution < -0.4 is 0 Å². The number of rotatable bonds is 5. The highest BCUT2D eigenvalue weighted by atomic mass is 35.5. The lowest BCUT2D eigenvalue weighted by Gasteiger charge is -2.33. The molecule has 0 bridgehead atoms. The van der Waals surface area contributed by atoms with Crippen molar-refractivity contribution in [3.05, 3.63) is 30.0 Å². The maximum atomic E-state index is 12.3. The van der Waals surface area contributed by atoms with Gasteiger partial charge in [0.2, 0.25) is 0 Å². The molecule has 2 saturated heterocycles. The molecule has 0 radical (unpaired) electrons. The number of nitrogens with zero attached hydrogens (tertiary/aromatic N) is 6. The van der Waals surface area contributed by atoms with Crippen LogP contribution in [0.3, 0.4) is 0 Å². The lowest BCUT2D eigenvalue weighted by Crippen LogP contribution is -2.48. The van der Waals surface area contributed by atoms with Crippen molar-refractivity contribution in [2.75, 3.05) is 32.8 Å². The van der Waals surface area contributed by atoms with Crippen LogP contribution in [0.5, 0.6) is 0 Å². The summed E-state index contributed by atoms with van der Waals surface area (Å²) in [6, 6.07) is 3.44. The maximum absolute atomic E-state index is 12.3. The number of carbonyl (C=O) groups is 1. The van der Waals surface area contributed by atoms with Gasteiger partial charge >= 0.3 is 0 Å². The predicted molar refractivity (Wildman–Crippen MR) is 93.9 cm³/mol. The Morgan fingerprint density at radius 1 is 1.27 bits per heavy atom. The average molecular weight is 383 g/mol. The minimum atomic E-state index is -0.0483. The molecule has 1 unspecified atom stereocenters. The Morgan fingerprint density at radius 2 is 2.12 bits per heavy atom. The number of furan rings is 1. The number of hydrogen-bond donors (Lipinski definition) is 0. The van der Waals surface area contributed by atoms with Crippen molar-refractivity contribution in [2.24, 2.45) is 0 Å². The van der Waals surface area contributed by atoms with Gasteiger partial charge in [-0.3, -0.25) is 9.69 Å². The monoisotopic (exact) mass is 382 g/mol. The smallest absolute Gasteiger partial charge is 0.289 e. The fourth-order valence-electron chi connectivity index (χ4n) is 3.32. The second-order valence-corrected chi connectivity index (χ2v) is 6.46. The summed E-state index contributed by atoms with van der Waals surface area (Å²) in [7, 11) is 0. The van der Waals surface area contributed by atoms with Gasteiger partial charge in [-0.05, 0) is 35.4 Å². The number of ether oxygens (including phenoxy) is 1. The number of piperazine rings is 1. The molecule has 2 aromatic heterocycles. The summed E-state index contributed by atoms with van der Waals surface area (Å²) < 4.78 is 12.7. The summed E-state index contributed by atoms with van der Waals surface area (Å²) in [5, 5.41) is 12.1. The van der Waals surface area contributed by atoms with E-state index in [4.69, 9.17) is 9.15 Å². The third-order valence-corrected chi connectivity index (χ3v) is 4.76. The van der Waals surface area contributed by atoms with Gasteiger partial charge in [0.25, 0.3) is 5.91 Å². The first-order chi connectivity index (χ1) is 12.3. The van der Waals surface area contributed by atoms with Gasteiger partial charge in [-0.1, -0.05) is 0 Å². The summed E-state index contributed by atoms with van der Waals surface area (Å²) in [4.78, 5) is 16.4. The van der Waals surface area contributed by atoms with Gasteiger partial charge in [0, 0.05) is 32.8 Å². The third-order valence-electron chi connectivity index (χ3n) is 4.76. The van der Waals surface area contributed by atoms with Crippen molar-refractivity contribution >= 4 is 18.3 Å². The molecule has 4 rings (SSSR count). The van der Waals surface area contributed by atoms with E-state index in [2.05, 4.69) is 20.4 Å². The highest BCUT2D eigenvalue weighted by molar-refractivity contribution is 5.91. The Kier molecular flexibility index (Phi) is 6.23. The van der Waals surface area contributed by atoms with Crippen LogP contribution in [0.4, 0.5) is 0 Å². The van der Waals surface area contributed by atoms with Crippen molar-refractivity contribution in [3.63, 3.8) is 0 Å². The first-order valence-electron chi connectivity index (χ1n) is 8.71. The van der Waals surface area contributed by atoms with Crippen molar-refractivity contribution in [1.82, 2.24) is 30.0 Å². The van der Waals surface area contributed by atoms with Crippen LogP contribution in [-0.2, 0) is 17.8 Å². The SMILES string of the molecule is Cl.O=C(c1ccco1)N1CCN(Cc2nnnn2CC2CCCO2)CC1. The van der Waals surface area contributed by atoms with Crippen LogP contribution in [0.15, 0.2) is 22.8 Å². The van der Waals surface area contributed by atoms with Gasteiger partial charge in [-0.15, -0.1) is 17.5 Å². The van der Waals surface area contributed by atoms with E-state index in [0.717, 1.165) is 38.4 Å². The normalized spacial score (nSPS) is 20.9. The molecule has 0 aromatic carbocycles. The second kappa shape index (κ2) is 8.61. The molecule has 0 spiro atoms.